The fourth-order valence-electron chi connectivity index (χ4n) is 3.60. The van der Waals surface area contributed by atoms with Gasteiger partial charge < -0.3 is 9.84 Å². The zero-order valence-electron chi connectivity index (χ0n) is 15.4. The number of rotatable bonds is 4. The van der Waals surface area contributed by atoms with Gasteiger partial charge in [-0.1, -0.05) is 24.3 Å². The van der Waals surface area contributed by atoms with Crippen molar-refractivity contribution in [2.75, 3.05) is 19.7 Å². The number of imide groups is 1. The predicted molar refractivity (Wildman–Crippen MR) is 107 cm³/mol. The lowest BCUT2D eigenvalue weighted by Crippen LogP contribution is -2.71. The van der Waals surface area contributed by atoms with Crippen LogP contribution in [0.4, 0.5) is 4.79 Å². The molecule has 1 spiro atoms. The maximum absolute atomic E-state index is 13.3. The molecule has 144 valence electrons. The molecule has 0 unspecified atom stereocenters. The molecule has 1 aromatic carbocycles. The summed E-state index contributed by atoms with van der Waals surface area (Å²) in [5, 5.41) is 11.0. The van der Waals surface area contributed by atoms with Gasteiger partial charge in [-0.05, 0) is 48.9 Å². The minimum Gasteiger partial charge on any atom is -0.370 e. The number of carbonyl (C=O) groups is 3. The van der Waals surface area contributed by atoms with E-state index in [0.717, 1.165) is 8.48 Å². The van der Waals surface area contributed by atoms with Crippen molar-refractivity contribution in [1.82, 2.24) is 9.80 Å². The Morgan fingerprint density at radius 2 is 1.89 bits per heavy atom. The summed E-state index contributed by atoms with van der Waals surface area (Å²) in [6.45, 7) is 5.51. The molecule has 27 heavy (non-hydrogen) atoms. The molecule has 2 heterocycles. The highest BCUT2D eigenvalue weighted by atomic mass is 127. The molecule has 0 bridgehead atoms. The third-order valence-corrected chi connectivity index (χ3v) is 5.86. The van der Waals surface area contributed by atoms with Crippen molar-refractivity contribution < 1.29 is 24.2 Å². The summed E-state index contributed by atoms with van der Waals surface area (Å²) in [6.07, 6.45) is -1.43. The number of likely N-dealkylation sites (N-methyl/N-ethyl adjacent to an activating group) is 2. The molecule has 0 aliphatic carbocycles. The number of ether oxygens (including phenoxy) is 1. The van der Waals surface area contributed by atoms with Gasteiger partial charge in [0.15, 0.2) is 12.0 Å². The lowest BCUT2D eigenvalue weighted by Gasteiger charge is -2.47. The Labute approximate surface area is 171 Å². The van der Waals surface area contributed by atoms with E-state index in [1.807, 2.05) is 0 Å². The number of Topliss-reactive ketones (excluding diaryl/α,β-unsaturated/α-hetero) is 1. The summed E-state index contributed by atoms with van der Waals surface area (Å²) >= 11 is 2.10. The van der Waals surface area contributed by atoms with Crippen molar-refractivity contribution in [3.63, 3.8) is 0 Å². The SMILES string of the molecule is CCN1C(=O)N(CC)[C@@H](O)[C@@]2(OCC(I)=C2c2ccc(C(C)=O)cc2)C1=O. The molecule has 0 radical (unpaired) electrons. The summed E-state index contributed by atoms with van der Waals surface area (Å²) in [7, 11) is 0. The Balaban J connectivity index is 2.15. The quantitative estimate of drug-likeness (QED) is 0.524. The number of halogens is 1. The average Bonchev–Trinajstić information content (AvgIpc) is 2.99. The molecule has 1 N–H and O–H groups in total. The van der Waals surface area contributed by atoms with E-state index < -0.39 is 23.8 Å². The Morgan fingerprint density at radius 3 is 2.41 bits per heavy atom. The zero-order chi connectivity index (χ0) is 19.9. The van der Waals surface area contributed by atoms with E-state index in [4.69, 9.17) is 4.74 Å². The Kier molecular flexibility index (Phi) is 5.42. The second-order valence-electron chi connectivity index (χ2n) is 6.43. The van der Waals surface area contributed by atoms with Crippen molar-refractivity contribution in [2.24, 2.45) is 0 Å². The number of hydrogen-bond acceptors (Lipinski definition) is 5. The molecular formula is C19H21IN2O5. The summed E-state index contributed by atoms with van der Waals surface area (Å²) in [5.74, 6) is -0.624. The van der Waals surface area contributed by atoms with Gasteiger partial charge in [0.05, 0.1) is 6.61 Å². The van der Waals surface area contributed by atoms with Crippen LogP contribution < -0.4 is 0 Å². The van der Waals surface area contributed by atoms with Gasteiger partial charge in [0.1, 0.15) is 0 Å². The molecule has 7 nitrogen and oxygen atoms in total. The first-order valence-electron chi connectivity index (χ1n) is 8.74. The van der Waals surface area contributed by atoms with E-state index in [0.29, 0.717) is 16.7 Å². The largest absolute Gasteiger partial charge is 0.370 e. The highest BCUT2D eigenvalue weighted by Gasteiger charge is 2.62. The van der Waals surface area contributed by atoms with Crippen LogP contribution in [-0.2, 0) is 9.53 Å². The minimum atomic E-state index is -1.67. The average molecular weight is 484 g/mol. The molecule has 2 atom stereocenters. The van der Waals surface area contributed by atoms with Gasteiger partial charge in [0, 0.05) is 27.8 Å². The van der Waals surface area contributed by atoms with Crippen LogP contribution in [0, 0.1) is 0 Å². The number of nitrogens with zero attached hydrogens (tertiary/aromatic N) is 2. The number of hydrogen-bond donors (Lipinski definition) is 1. The van der Waals surface area contributed by atoms with Crippen molar-refractivity contribution in [2.45, 2.75) is 32.6 Å². The lowest BCUT2D eigenvalue weighted by molar-refractivity contribution is -0.179. The van der Waals surface area contributed by atoms with E-state index >= 15 is 0 Å². The maximum Gasteiger partial charge on any atom is 0.328 e. The molecule has 2 aliphatic heterocycles. The van der Waals surface area contributed by atoms with Crippen molar-refractivity contribution in [3.8, 4) is 0 Å². The normalized spacial score (nSPS) is 25.7. The fraction of sp³-hybridized carbons (Fsp3) is 0.421. The van der Waals surface area contributed by atoms with Crippen LogP contribution in [0.3, 0.4) is 0 Å². The van der Waals surface area contributed by atoms with E-state index in [2.05, 4.69) is 22.6 Å². The van der Waals surface area contributed by atoms with Crippen LogP contribution in [0.2, 0.25) is 0 Å². The summed E-state index contributed by atoms with van der Waals surface area (Å²) in [6, 6.07) is 6.31. The third-order valence-electron chi connectivity index (χ3n) is 5.00. The van der Waals surface area contributed by atoms with E-state index in [9.17, 15) is 19.5 Å². The summed E-state index contributed by atoms with van der Waals surface area (Å²) in [4.78, 5) is 39.7. The number of aliphatic hydroxyl groups is 1. The van der Waals surface area contributed by atoms with Crippen molar-refractivity contribution in [1.29, 1.82) is 0 Å². The van der Waals surface area contributed by atoms with Crippen molar-refractivity contribution >= 4 is 45.9 Å². The number of benzene rings is 1. The van der Waals surface area contributed by atoms with E-state index in [1.165, 1.54) is 11.8 Å². The molecule has 1 aromatic rings. The first-order chi connectivity index (χ1) is 12.8. The molecule has 0 saturated carbocycles. The standard InChI is InChI=1S/C19H21IN2O5/c1-4-21-16(24)19(17(25)22(5-2)18(21)26)15(14(20)10-27-19)13-8-6-12(7-9-13)11(3)23/h6-9,16,24H,4-5,10H2,1-3H3/t16-,19+/m0/s1. The molecule has 1 fully saturated rings. The van der Waals surface area contributed by atoms with Gasteiger partial charge >= 0.3 is 6.03 Å². The lowest BCUT2D eigenvalue weighted by atomic mass is 9.83. The second kappa shape index (κ2) is 7.33. The summed E-state index contributed by atoms with van der Waals surface area (Å²) < 4.78 is 6.67. The van der Waals surface area contributed by atoms with Gasteiger partial charge in [-0.2, -0.15) is 0 Å². The van der Waals surface area contributed by atoms with E-state index in [-0.39, 0.29) is 25.5 Å². The topological polar surface area (TPSA) is 87.2 Å². The highest BCUT2D eigenvalue weighted by Crippen LogP contribution is 2.47. The first-order valence-corrected chi connectivity index (χ1v) is 9.82. The van der Waals surface area contributed by atoms with Crippen LogP contribution in [0.5, 0.6) is 0 Å². The van der Waals surface area contributed by atoms with Gasteiger partial charge in [-0.25, -0.2) is 4.79 Å². The Hall–Kier alpha value is -1.78. The van der Waals surface area contributed by atoms with Gasteiger partial charge in [0.2, 0.25) is 5.60 Å². The second-order valence-corrected chi connectivity index (χ2v) is 7.73. The van der Waals surface area contributed by atoms with Crippen LogP contribution in [0.15, 0.2) is 27.8 Å². The van der Waals surface area contributed by atoms with Crippen LogP contribution >= 0.6 is 22.6 Å². The molecule has 0 aromatic heterocycles. The number of aliphatic hydroxyl groups excluding tert-OH is 1. The molecular weight excluding hydrogens is 463 g/mol. The zero-order valence-corrected chi connectivity index (χ0v) is 17.5. The maximum atomic E-state index is 13.3. The van der Waals surface area contributed by atoms with Crippen LogP contribution in [0.1, 0.15) is 36.7 Å². The number of ketones is 1. The predicted octanol–water partition coefficient (Wildman–Crippen LogP) is 2.43. The van der Waals surface area contributed by atoms with Crippen molar-refractivity contribution in [3.05, 3.63) is 39.0 Å². The molecule has 3 amide bonds. The van der Waals surface area contributed by atoms with Gasteiger partial charge in [-0.3, -0.25) is 19.4 Å². The molecule has 1 saturated heterocycles. The third kappa shape index (κ3) is 2.90. The van der Waals surface area contributed by atoms with Gasteiger partial charge in [0.25, 0.3) is 5.91 Å². The Bertz CT molecular complexity index is 835. The highest BCUT2D eigenvalue weighted by molar-refractivity contribution is 14.1. The Morgan fingerprint density at radius 1 is 1.26 bits per heavy atom. The minimum absolute atomic E-state index is 0.0590. The molecule has 2 aliphatic rings. The number of carbonyl (C=O) groups excluding carboxylic acids is 3. The van der Waals surface area contributed by atoms with Crippen LogP contribution in [-0.4, -0.2) is 64.2 Å². The number of urea groups is 1. The molecule has 3 rings (SSSR count). The summed E-state index contributed by atoms with van der Waals surface area (Å²) in [5.41, 5.74) is 0.100. The monoisotopic (exact) mass is 484 g/mol. The number of amides is 3. The first kappa shape index (κ1) is 20.0. The molecule has 8 heteroatoms. The smallest absolute Gasteiger partial charge is 0.328 e. The van der Waals surface area contributed by atoms with Crippen LogP contribution in [0.25, 0.3) is 5.57 Å². The van der Waals surface area contributed by atoms with E-state index in [1.54, 1.807) is 38.1 Å². The fourth-order valence-corrected chi connectivity index (χ4v) is 4.47. The van der Waals surface area contributed by atoms with Gasteiger partial charge in [-0.15, -0.1) is 0 Å².